The molecule has 1 aromatic heterocycles. The maximum absolute atomic E-state index is 11.2. The quantitative estimate of drug-likeness (QED) is 0.683. The first-order chi connectivity index (χ1) is 6.59. The van der Waals surface area contributed by atoms with Gasteiger partial charge in [0.25, 0.3) is 0 Å². The molecule has 0 spiro atoms. The average molecular weight is 195 g/mol. The van der Waals surface area contributed by atoms with Gasteiger partial charge in [0.2, 0.25) is 5.91 Å². The predicted molar refractivity (Wildman–Crippen MR) is 53.6 cm³/mol. The molecule has 76 valence electrons. The van der Waals surface area contributed by atoms with Gasteiger partial charge in [-0.25, -0.2) is 9.97 Å². The van der Waals surface area contributed by atoms with Gasteiger partial charge in [-0.3, -0.25) is 4.79 Å². The van der Waals surface area contributed by atoms with Crippen molar-refractivity contribution in [1.29, 1.82) is 0 Å². The van der Waals surface area contributed by atoms with Crippen molar-refractivity contribution in [3.63, 3.8) is 0 Å². The van der Waals surface area contributed by atoms with Crippen molar-refractivity contribution in [2.45, 2.75) is 0 Å². The molecule has 3 N–H and O–H groups in total. The summed E-state index contributed by atoms with van der Waals surface area (Å²) >= 11 is 0. The minimum atomic E-state index is -0.0244. The zero-order valence-corrected chi connectivity index (χ0v) is 8.19. The third-order valence-corrected chi connectivity index (χ3v) is 1.59. The van der Waals surface area contributed by atoms with Gasteiger partial charge in [0.05, 0.1) is 18.9 Å². The summed E-state index contributed by atoms with van der Waals surface area (Å²) in [6.45, 7) is 0.200. The van der Waals surface area contributed by atoms with Gasteiger partial charge in [0.1, 0.15) is 11.6 Å². The van der Waals surface area contributed by atoms with Gasteiger partial charge in [-0.05, 0) is 0 Å². The molecule has 14 heavy (non-hydrogen) atoms. The van der Waals surface area contributed by atoms with E-state index in [4.69, 9.17) is 5.73 Å². The summed E-state index contributed by atoms with van der Waals surface area (Å²) in [4.78, 5) is 20.4. The summed E-state index contributed by atoms with van der Waals surface area (Å²) in [7, 11) is 3.39. The topological polar surface area (TPSA) is 84.1 Å². The van der Waals surface area contributed by atoms with Crippen LogP contribution in [-0.2, 0) is 4.79 Å². The minimum absolute atomic E-state index is 0.0244. The second-order valence-corrected chi connectivity index (χ2v) is 2.97. The summed E-state index contributed by atoms with van der Waals surface area (Å²) in [6, 6.07) is 0. The molecule has 0 saturated carbocycles. The second-order valence-electron chi connectivity index (χ2n) is 2.97. The van der Waals surface area contributed by atoms with Gasteiger partial charge in [-0.1, -0.05) is 0 Å². The Bertz CT molecular complexity index is 308. The van der Waals surface area contributed by atoms with Crippen LogP contribution in [0.5, 0.6) is 0 Å². The first-order valence-corrected chi connectivity index (χ1v) is 4.11. The molecule has 0 aliphatic rings. The highest BCUT2D eigenvalue weighted by molar-refractivity contribution is 5.79. The number of nitrogens with one attached hydrogen (secondary N) is 1. The molecular formula is C8H13N5O. The van der Waals surface area contributed by atoms with E-state index in [1.165, 1.54) is 17.3 Å². The molecule has 0 fully saturated rings. The number of hydrogen-bond acceptors (Lipinski definition) is 5. The lowest BCUT2D eigenvalue weighted by molar-refractivity contribution is -0.126. The molecule has 0 radical (unpaired) electrons. The largest absolute Gasteiger partial charge is 0.382 e. The number of nitrogens with two attached hydrogens (primary N) is 1. The fraction of sp³-hybridized carbons (Fsp3) is 0.375. The molecule has 1 heterocycles. The number of nitrogen functional groups attached to an aromatic ring is 1. The van der Waals surface area contributed by atoms with Crippen LogP contribution in [0.15, 0.2) is 12.4 Å². The van der Waals surface area contributed by atoms with Crippen molar-refractivity contribution in [1.82, 2.24) is 14.9 Å². The molecule has 6 heteroatoms. The lowest BCUT2D eigenvalue weighted by atomic mass is 10.5. The monoisotopic (exact) mass is 195 g/mol. The van der Waals surface area contributed by atoms with Crippen molar-refractivity contribution >= 4 is 17.5 Å². The van der Waals surface area contributed by atoms with E-state index in [0.29, 0.717) is 11.6 Å². The third-order valence-electron chi connectivity index (χ3n) is 1.59. The third kappa shape index (κ3) is 2.89. The Hall–Kier alpha value is -1.85. The number of hydrogen-bond donors (Lipinski definition) is 2. The summed E-state index contributed by atoms with van der Waals surface area (Å²) in [6.07, 6.45) is 2.92. The van der Waals surface area contributed by atoms with Gasteiger partial charge >= 0.3 is 0 Å². The Morgan fingerprint density at radius 3 is 2.71 bits per heavy atom. The SMILES string of the molecule is CN(C)C(=O)CNc1cnc(N)cn1. The van der Waals surface area contributed by atoms with Crippen LogP contribution >= 0.6 is 0 Å². The molecule has 0 unspecified atom stereocenters. The fourth-order valence-corrected chi connectivity index (χ4v) is 0.754. The maximum Gasteiger partial charge on any atom is 0.241 e. The van der Waals surface area contributed by atoms with Gasteiger partial charge in [-0.15, -0.1) is 0 Å². The summed E-state index contributed by atoms with van der Waals surface area (Å²) < 4.78 is 0. The number of anilines is 2. The van der Waals surface area contributed by atoms with Crippen molar-refractivity contribution in [2.24, 2.45) is 0 Å². The van der Waals surface area contributed by atoms with E-state index in [0.717, 1.165) is 0 Å². The molecule has 0 aromatic carbocycles. The standard InChI is InChI=1S/C8H13N5O/c1-13(2)8(14)5-12-7-4-10-6(9)3-11-7/h3-4H,5H2,1-2H3,(H2,9,10)(H,11,12). The van der Waals surface area contributed by atoms with Crippen LogP contribution in [0.4, 0.5) is 11.6 Å². The highest BCUT2D eigenvalue weighted by atomic mass is 16.2. The number of likely N-dealkylation sites (N-methyl/N-ethyl adjacent to an activating group) is 1. The molecule has 0 saturated heterocycles. The highest BCUT2D eigenvalue weighted by Gasteiger charge is 2.03. The smallest absolute Gasteiger partial charge is 0.241 e. The van der Waals surface area contributed by atoms with E-state index in [2.05, 4.69) is 15.3 Å². The molecule has 0 atom stereocenters. The van der Waals surface area contributed by atoms with Crippen LogP contribution in [0.3, 0.4) is 0 Å². The van der Waals surface area contributed by atoms with Gasteiger partial charge < -0.3 is 16.0 Å². The van der Waals surface area contributed by atoms with E-state index in [1.54, 1.807) is 14.1 Å². The molecular weight excluding hydrogens is 182 g/mol. The Labute approximate surface area is 82.1 Å². The molecule has 0 aliphatic carbocycles. The lowest BCUT2D eigenvalue weighted by Gasteiger charge is -2.10. The van der Waals surface area contributed by atoms with Gasteiger partial charge in [0.15, 0.2) is 0 Å². The molecule has 0 bridgehead atoms. The van der Waals surface area contributed by atoms with Gasteiger partial charge in [-0.2, -0.15) is 0 Å². The van der Waals surface area contributed by atoms with Crippen LogP contribution in [0, 0.1) is 0 Å². The second kappa shape index (κ2) is 4.40. The zero-order chi connectivity index (χ0) is 10.6. The van der Waals surface area contributed by atoms with Crippen LogP contribution in [0.2, 0.25) is 0 Å². The summed E-state index contributed by atoms with van der Waals surface area (Å²) in [5.74, 6) is 0.868. The number of carbonyl (C=O) groups is 1. The van der Waals surface area contributed by atoms with Crippen LogP contribution in [0.25, 0.3) is 0 Å². The minimum Gasteiger partial charge on any atom is -0.382 e. The maximum atomic E-state index is 11.2. The number of rotatable bonds is 3. The Morgan fingerprint density at radius 2 is 2.21 bits per heavy atom. The Balaban J connectivity index is 2.46. The van der Waals surface area contributed by atoms with E-state index in [1.807, 2.05) is 0 Å². The summed E-state index contributed by atoms with van der Waals surface area (Å²) in [5, 5.41) is 2.83. The molecule has 1 rings (SSSR count). The van der Waals surface area contributed by atoms with Crippen molar-refractivity contribution in [2.75, 3.05) is 31.7 Å². The van der Waals surface area contributed by atoms with Crippen LogP contribution in [0.1, 0.15) is 0 Å². The fourth-order valence-electron chi connectivity index (χ4n) is 0.754. The number of carbonyl (C=O) groups excluding carboxylic acids is 1. The van der Waals surface area contributed by atoms with Crippen molar-refractivity contribution < 1.29 is 4.79 Å². The van der Waals surface area contributed by atoms with E-state index in [9.17, 15) is 4.79 Å². The van der Waals surface area contributed by atoms with Crippen LogP contribution in [-0.4, -0.2) is 41.4 Å². The summed E-state index contributed by atoms with van der Waals surface area (Å²) in [5.41, 5.74) is 5.35. The molecule has 6 nitrogen and oxygen atoms in total. The first kappa shape index (κ1) is 10.2. The molecule has 1 aromatic rings. The molecule has 1 amide bonds. The predicted octanol–water partition coefficient (Wildman–Crippen LogP) is -0.441. The average Bonchev–Trinajstić information content (AvgIpc) is 2.16. The van der Waals surface area contributed by atoms with Crippen LogP contribution < -0.4 is 11.1 Å². The highest BCUT2D eigenvalue weighted by Crippen LogP contribution is 2.00. The number of amides is 1. The lowest BCUT2D eigenvalue weighted by Crippen LogP contribution is -2.28. The van der Waals surface area contributed by atoms with E-state index >= 15 is 0 Å². The zero-order valence-electron chi connectivity index (χ0n) is 8.19. The number of aromatic nitrogens is 2. The Morgan fingerprint density at radius 1 is 1.50 bits per heavy atom. The van der Waals surface area contributed by atoms with Crippen molar-refractivity contribution in [3.8, 4) is 0 Å². The van der Waals surface area contributed by atoms with Crippen molar-refractivity contribution in [3.05, 3.63) is 12.4 Å². The number of nitrogens with zero attached hydrogens (tertiary/aromatic N) is 3. The Kier molecular flexibility index (Phi) is 3.22. The molecule has 0 aliphatic heterocycles. The van der Waals surface area contributed by atoms with Gasteiger partial charge in [0, 0.05) is 14.1 Å². The first-order valence-electron chi connectivity index (χ1n) is 4.11. The normalized spacial score (nSPS) is 9.57. The van der Waals surface area contributed by atoms with E-state index in [-0.39, 0.29) is 12.5 Å². The van der Waals surface area contributed by atoms with E-state index < -0.39 is 0 Å².